The Labute approximate surface area is 481 Å². The molecule has 424 valence electrons. The fourth-order valence-corrected chi connectivity index (χ4v) is 10.9. The summed E-state index contributed by atoms with van der Waals surface area (Å²) in [5.74, 6) is 0.00702. The second-order valence-electron chi connectivity index (χ2n) is 20.5. The van der Waals surface area contributed by atoms with Crippen molar-refractivity contribution in [3.05, 3.63) is 166 Å². The number of aliphatic carboxylic acids is 1. The topological polar surface area (TPSA) is 201 Å². The Hall–Kier alpha value is -7.39. The van der Waals surface area contributed by atoms with Crippen LogP contribution in [-0.2, 0) is 36.9 Å². The first-order chi connectivity index (χ1) is 38.5. The predicted octanol–water partition coefficient (Wildman–Crippen LogP) is 13.8. The van der Waals surface area contributed by atoms with Crippen molar-refractivity contribution in [2.75, 3.05) is 26.9 Å². The number of halogens is 3. The van der Waals surface area contributed by atoms with Crippen molar-refractivity contribution < 1.29 is 59.4 Å². The first-order valence-corrected chi connectivity index (χ1v) is 30.7. The van der Waals surface area contributed by atoms with Gasteiger partial charge in [0.15, 0.2) is 11.6 Å². The van der Waals surface area contributed by atoms with Crippen molar-refractivity contribution in [1.29, 1.82) is 0 Å². The first-order valence-electron chi connectivity index (χ1n) is 25.6. The molecule has 0 aliphatic rings. The van der Waals surface area contributed by atoms with E-state index in [-0.39, 0.29) is 80.3 Å². The number of para-hydroxylation sites is 1. The Morgan fingerprint density at radius 1 is 0.877 bits per heavy atom. The second kappa shape index (κ2) is 25.2. The van der Waals surface area contributed by atoms with E-state index >= 15 is 0 Å². The molecule has 3 aromatic heterocycles. The molecular formula is C60H61Cl2FN4O12SSi. The number of aromatic nitrogens is 4. The maximum Gasteiger partial charge on any atom is 0.345 e. The van der Waals surface area contributed by atoms with Crippen LogP contribution in [0.1, 0.15) is 48.7 Å². The molecule has 0 amide bonds. The van der Waals surface area contributed by atoms with Crippen molar-refractivity contribution in [3.8, 4) is 62.7 Å². The lowest BCUT2D eigenvalue weighted by Gasteiger charge is -2.36. The first kappa shape index (κ1) is 59.7. The molecule has 0 saturated carbocycles. The number of aryl methyl sites for hydroxylation is 1. The van der Waals surface area contributed by atoms with E-state index in [0.717, 1.165) is 5.56 Å². The largest absolute Gasteiger partial charge is 0.543 e. The Morgan fingerprint density at radius 2 is 1.58 bits per heavy atom. The van der Waals surface area contributed by atoms with Crippen molar-refractivity contribution in [3.63, 3.8) is 0 Å². The molecule has 5 aromatic carbocycles. The molecule has 2 atom stereocenters. The summed E-state index contributed by atoms with van der Waals surface area (Å²) in [7, 11) is -5.07. The molecule has 0 aliphatic heterocycles. The minimum Gasteiger partial charge on any atom is -0.543 e. The fraction of sp³-hybridized carbons (Fsp3) is 0.283. The third kappa shape index (κ3) is 13.7. The van der Waals surface area contributed by atoms with E-state index in [9.17, 15) is 22.7 Å². The lowest BCUT2D eigenvalue weighted by molar-refractivity contribution is -0.145. The summed E-state index contributed by atoms with van der Waals surface area (Å²) in [6.07, 6.45) is 1.38. The molecule has 8 rings (SSSR count). The lowest BCUT2D eigenvalue weighted by atomic mass is 9.91. The number of hydrogen-bond donors (Lipinski definition) is 1. The zero-order chi connectivity index (χ0) is 58.4. The molecule has 0 spiro atoms. The van der Waals surface area contributed by atoms with Crippen LogP contribution in [0.15, 0.2) is 132 Å². The van der Waals surface area contributed by atoms with Gasteiger partial charge < -0.3 is 37.6 Å². The Morgan fingerprint density at radius 3 is 2.25 bits per heavy atom. The van der Waals surface area contributed by atoms with Crippen molar-refractivity contribution >= 4 is 58.7 Å². The van der Waals surface area contributed by atoms with E-state index in [1.165, 1.54) is 48.8 Å². The number of rotatable bonds is 24. The average molecular weight is 1180 g/mol. The van der Waals surface area contributed by atoms with Crippen LogP contribution >= 0.6 is 23.2 Å². The van der Waals surface area contributed by atoms with E-state index in [4.69, 9.17) is 64.9 Å². The van der Waals surface area contributed by atoms with Gasteiger partial charge >= 0.3 is 5.97 Å². The number of hydrogen-bond acceptors (Lipinski definition) is 15. The van der Waals surface area contributed by atoms with E-state index < -0.39 is 49.0 Å². The minimum absolute atomic E-state index is 0.00946. The number of benzene rings is 5. The molecule has 8 aromatic rings. The van der Waals surface area contributed by atoms with Crippen molar-refractivity contribution in [1.82, 2.24) is 19.9 Å². The molecule has 21 heteroatoms. The van der Waals surface area contributed by atoms with E-state index in [1.54, 1.807) is 63.6 Å². The van der Waals surface area contributed by atoms with Crippen molar-refractivity contribution in [2.24, 2.45) is 0 Å². The molecule has 81 heavy (non-hydrogen) atoms. The highest BCUT2D eigenvalue weighted by Gasteiger charge is 2.39. The third-order valence-electron chi connectivity index (χ3n) is 13.7. The third-order valence-corrected chi connectivity index (χ3v) is 20.3. The predicted molar refractivity (Wildman–Crippen MR) is 310 cm³/mol. The molecule has 2 unspecified atom stereocenters. The summed E-state index contributed by atoms with van der Waals surface area (Å²) in [5, 5.41) is 11.1. The van der Waals surface area contributed by atoms with Gasteiger partial charge in [-0.05, 0) is 128 Å². The maximum absolute atomic E-state index is 14.6. The standard InChI is InChI=1S/C60H61Cl2FN4O12SSi/c1-11-28-73-32-43(33-75-80(70,71)44-23-16-35(2)17-24-44)76-55-52(61)36(3)49(37(4)53(55)62)50-51-57(65-34-66-58(51)78-54(50)38-18-20-40(63)21-19-38)77-48(59(68)69)30-39-29-42(79-81(9,10)60(5,6)7)22-25-46(39)74-31-41-26-27-64-56(67-41)45-14-12-13-15-47(45)72-8/h11-27,29,34,43,48H,1,28,30-33H2,2-10H3,(H,68,69). The van der Waals surface area contributed by atoms with Crippen LogP contribution in [0, 0.1) is 26.6 Å². The highest BCUT2D eigenvalue weighted by Crippen LogP contribution is 2.51. The van der Waals surface area contributed by atoms with Gasteiger partial charge in [-0.1, -0.05) is 79.9 Å². The van der Waals surface area contributed by atoms with Gasteiger partial charge in [-0.25, -0.2) is 29.1 Å². The Bertz CT molecular complexity index is 3680. The average Bonchev–Trinajstić information content (AvgIpc) is 3.91. The van der Waals surface area contributed by atoms with Crippen LogP contribution in [0.25, 0.3) is 44.9 Å². The molecule has 0 radical (unpaired) electrons. The molecule has 3 heterocycles. The van der Waals surface area contributed by atoms with Gasteiger partial charge in [0.05, 0.1) is 46.5 Å². The Kier molecular flexibility index (Phi) is 18.6. The van der Waals surface area contributed by atoms with Crippen LogP contribution in [0.4, 0.5) is 4.39 Å². The molecule has 0 aliphatic carbocycles. The van der Waals surface area contributed by atoms with Crippen LogP contribution in [-0.4, -0.2) is 86.9 Å². The van der Waals surface area contributed by atoms with E-state index in [2.05, 4.69) is 55.4 Å². The lowest BCUT2D eigenvalue weighted by Crippen LogP contribution is -2.43. The molecule has 0 fully saturated rings. The summed E-state index contributed by atoms with van der Waals surface area (Å²) in [5.41, 5.74) is 4.38. The van der Waals surface area contributed by atoms with Gasteiger partial charge in [0.1, 0.15) is 59.9 Å². The SMILES string of the molecule is C=CCOCC(COS(=O)(=O)c1ccc(C)cc1)Oc1c(Cl)c(C)c(-c2c(-c3ccc(F)cc3)oc3ncnc(OC(Cc4cc(O[Si](C)(C)C(C)(C)C)ccc4OCc4ccnc(-c5ccccc5OC)n4)C(=O)O)c23)c(C)c1Cl. The number of fused-ring (bicyclic) bond motifs is 1. The van der Waals surface area contributed by atoms with Gasteiger partial charge in [0, 0.05) is 29.3 Å². The molecule has 0 bridgehead atoms. The van der Waals surface area contributed by atoms with E-state index in [0.29, 0.717) is 62.1 Å². The molecular weight excluding hydrogens is 1120 g/mol. The van der Waals surface area contributed by atoms with Crippen LogP contribution < -0.4 is 23.4 Å². The summed E-state index contributed by atoms with van der Waals surface area (Å²) >= 11 is 14.5. The summed E-state index contributed by atoms with van der Waals surface area (Å²) in [6.45, 7) is 19.0. The van der Waals surface area contributed by atoms with Gasteiger partial charge in [-0.15, -0.1) is 6.58 Å². The van der Waals surface area contributed by atoms with Gasteiger partial charge in [-0.2, -0.15) is 8.42 Å². The van der Waals surface area contributed by atoms with Gasteiger partial charge in [0.25, 0.3) is 10.1 Å². The molecule has 1 N–H and O–H groups in total. The zero-order valence-electron chi connectivity index (χ0n) is 46.1. The highest BCUT2D eigenvalue weighted by molar-refractivity contribution is 7.86. The minimum atomic E-state index is -4.23. The number of furan rings is 1. The maximum atomic E-state index is 14.6. The highest BCUT2D eigenvalue weighted by atomic mass is 35.5. The number of ether oxygens (including phenoxy) is 5. The summed E-state index contributed by atoms with van der Waals surface area (Å²) < 4.78 is 90.5. The number of methoxy groups -OCH3 is 1. The zero-order valence-corrected chi connectivity index (χ0v) is 49.5. The van der Waals surface area contributed by atoms with Gasteiger partial charge in [0.2, 0.25) is 26.0 Å². The van der Waals surface area contributed by atoms with Crippen LogP contribution in [0.2, 0.25) is 28.2 Å². The smallest absolute Gasteiger partial charge is 0.345 e. The number of carbonyl (C=O) groups is 1. The van der Waals surface area contributed by atoms with Crippen LogP contribution in [0.5, 0.6) is 28.9 Å². The normalized spacial score (nSPS) is 12.7. The van der Waals surface area contributed by atoms with Crippen molar-refractivity contribution in [2.45, 2.75) is 89.8 Å². The summed E-state index contributed by atoms with van der Waals surface area (Å²) in [4.78, 5) is 31.7. The number of nitrogens with zero attached hydrogens (tertiary/aromatic N) is 4. The number of carboxylic acid groups (broad SMARTS) is 1. The fourth-order valence-electron chi connectivity index (χ4n) is 8.43. The van der Waals surface area contributed by atoms with Gasteiger partial charge in [-0.3, -0.25) is 4.18 Å². The Balaban J connectivity index is 1.19. The monoisotopic (exact) mass is 1180 g/mol. The van der Waals surface area contributed by atoms with E-state index in [1.807, 2.05) is 31.2 Å². The number of carboxylic acids is 1. The summed E-state index contributed by atoms with van der Waals surface area (Å²) in [6, 6.07) is 26.1. The van der Waals surface area contributed by atoms with Crippen LogP contribution in [0.3, 0.4) is 0 Å². The molecule has 16 nitrogen and oxygen atoms in total. The second-order valence-corrected chi connectivity index (χ2v) is 27.6. The molecule has 0 saturated heterocycles. The quantitative estimate of drug-likeness (QED) is 0.0259.